The van der Waals surface area contributed by atoms with Crippen molar-refractivity contribution < 1.29 is 9.53 Å². The molecule has 1 aliphatic rings. The average Bonchev–Trinajstić information content (AvgIpc) is 3.23. The molecule has 128 valence electrons. The van der Waals surface area contributed by atoms with Gasteiger partial charge in [-0.15, -0.1) is 0 Å². The van der Waals surface area contributed by atoms with Crippen molar-refractivity contribution in [2.24, 2.45) is 0 Å². The molecule has 1 unspecified atom stereocenters. The summed E-state index contributed by atoms with van der Waals surface area (Å²) in [4.78, 5) is 23.2. The van der Waals surface area contributed by atoms with E-state index in [4.69, 9.17) is 4.74 Å². The molecule has 0 radical (unpaired) electrons. The van der Waals surface area contributed by atoms with Crippen LogP contribution in [0.25, 0.3) is 0 Å². The fourth-order valence-electron chi connectivity index (χ4n) is 3.27. The van der Waals surface area contributed by atoms with Gasteiger partial charge in [0, 0.05) is 57.4 Å². The van der Waals surface area contributed by atoms with Crippen molar-refractivity contribution in [2.45, 2.75) is 32.2 Å². The molecular formula is C18H24N4O2. The zero-order valence-electron chi connectivity index (χ0n) is 14.3. The molecule has 24 heavy (non-hydrogen) atoms. The second kappa shape index (κ2) is 7.57. The fraction of sp³-hybridized carbons (Fsp3) is 0.500. The lowest BCUT2D eigenvalue weighted by atomic mass is 10.1. The first-order valence-corrected chi connectivity index (χ1v) is 8.42. The van der Waals surface area contributed by atoms with E-state index in [0.717, 1.165) is 44.1 Å². The summed E-state index contributed by atoms with van der Waals surface area (Å²) >= 11 is 0. The van der Waals surface area contributed by atoms with Gasteiger partial charge in [-0.3, -0.25) is 9.78 Å². The lowest BCUT2D eigenvalue weighted by Gasteiger charge is -2.17. The van der Waals surface area contributed by atoms with Crippen molar-refractivity contribution in [3.8, 4) is 0 Å². The average molecular weight is 328 g/mol. The van der Waals surface area contributed by atoms with Crippen LogP contribution in [-0.2, 0) is 11.3 Å². The Hall–Kier alpha value is -2.21. The maximum Gasteiger partial charge on any atom is 0.272 e. The van der Waals surface area contributed by atoms with Crippen LogP contribution in [0.5, 0.6) is 0 Å². The van der Waals surface area contributed by atoms with Crippen molar-refractivity contribution >= 4 is 5.91 Å². The molecule has 0 bridgehead atoms. The monoisotopic (exact) mass is 328 g/mol. The number of imidazole rings is 1. The molecule has 0 aromatic carbocycles. The van der Waals surface area contributed by atoms with Crippen LogP contribution in [0.4, 0.5) is 0 Å². The predicted molar refractivity (Wildman–Crippen MR) is 91.0 cm³/mol. The number of ether oxygens (including phenoxy) is 1. The Bertz CT molecular complexity index is 684. The molecule has 1 atom stereocenters. The number of likely N-dealkylation sites (tertiary alicyclic amines) is 1. The SMILES string of the molecule is COCCCn1c(C)cnc1C1CCN(C(=O)c2ccccn2)C1. The second-order valence-corrected chi connectivity index (χ2v) is 6.21. The summed E-state index contributed by atoms with van der Waals surface area (Å²) in [6, 6.07) is 5.44. The number of carbonyl (C=O) groups is 1. The number of pyridine rings is 1. The highest BCUT2D eigenvalue weighted by Gasteiger charge is 2.31. The van der Waals surface area contributed by atoms with Crippen molar-refractivity contribution in [3.05, 3.63) is 47.8 Å². The Kier molecular flexibility index (Phi) is 5.25. The predicted octanol–water partition coefficient (Wildman–Crippen LogP) is 2.25. The minimum Gasteiger partial charge on any atom is -0.385 e. The Morgan fingerprint density at radius 2 is 2.25 bits per heavy atom. The van der Waals surface area contributed by atoms with Crippen molar-refractivity contribution in [2.75, 3.05) is 26.8 Å². The fourth-order valence-corrected chi connectivity index (χ4v) is 3.27. The molecule has 0 saturated carbocycles. The van der Waals surface area contributed by atoms with Gasteiger partial charge in [-0.25, -0.2) is 4.98 Å². The second-order valence-electron chi connectivity index (χ2n) is 6.21. The highest BCUT2D eigenvalue weighted by atomic mass is 16.5. The van der Waals surface area contributed by atoms with Crippen LogP contribution in [0, 0.1) is 6.92 Å². The van der Waals surface area contributed by atoms with Crippen LogP contribution in [0.2, 0.25) is 0 Å². The lowest BCUT2D eigenvalue weighted by molar-refractivity contribution is 0.0784. The van der Waals surface area contributed by atoms with Crippen LogP contribution >= 0.6 is 0 Å². The number of rotatable bonds is 6. The molecule has 1 saturated heterocycles. The molecule has 2 aromatic rings. The molecule has 0 spiro atoms. The van der Waals surface area contributed by atoms with Gasteiger partial charge in [-0.1, -0.05) is 6.07 Å². The Morgan fingerprint density at radius 3 is 3.00 bits per heavy atom. The van der Waals surface area contributed by atoms with Crippen LogP contribution in [0.1, 0.15) is 40.8 Å². The zero-order valence-corrected chi connectivity index (χ0v) is 14.3. The molecule has 3 heterocycles. The molecule has 0 aliphatic carbocycles. The molecule has 0 N–H and O–H groups in total. The van der Waals surface area contributed by atoms with E-state index in [1.165, 1.54) is 0 Å². The van der Waals surface area contributed by atoms with E-state index in [2.05, 4.69) is 21.5 Å². The molecule has 6 nitrogen and oxygen atoms in total. The molecular weight excluding hydrogens is 304 g/mol. The lowest BCUT2D eigenvalue weighted by Crippen LogP contribution is -2.29. The van der Waals surface area contributed by atoms with E-state index in [0.29, 0.717) is 12.2 Å². The van der Waals surface area contributed by atoms with Crippen LogP contribution < -0.4 is 0 Å². The quantitative estimate of drug-likeness (QED) is 0.763. The van der Waals surface area contributed by atoms with Gasteiger partial charge < -0.3 is 14.2 Å². The number of hydrogen-bond donors (Lipinski definition) is 0. The Balaban J connectivity index is 1.69. The summed E-state index contributed by atoms with van der Waals surface area (Å²) in [5.41, 5.74) is 1.67. The van der Waals surface area contributed by atoms with Gasteiger partial charge >= 0.3 is 0 Å². The highest BCUT2D eigenvalue weighted by molar-refractivity contribution is 5.92. The van der Waals surface area contributed by atoms with E-state index in [-0.39, 0.29) is 11.8 Å². The topological polar surface area (TPSA) is 60.2 Å². The van der Waals surface area contributed by atoms with Crippen LogP contribution in [-0.4, -0.2) is 52.1 Å². The summed E-state index contributed by atoms with van der Waals surface area (Å²) in [5.74, 6) is 1.38. The van der Waals surface area contributed by atoms with E-state index >= 15 is 0 Å². The van der Waals surface area contributed by atoms with Gasteiger partial charge in [0.25, 0.3) is 5.91 Å². The maximum absolute atomic E-state index is 12.5. The minimum atomic E-state index is 0.00677. The van der Waals surface area contributed by atoms with Gasteiger partial charge in [-0.2, -0.15) is 0 Å². The number of aromatic nitrogens is 3. The van der Waals surface area contributed by atoms with Gasteiger partial charge in [0.1, 0.15) is 11.5 Å². The van der Waals surface area contributed by atoms with Crippen LogP contribution in [0.3, 0.4) is 0 Å². The van der Waals surface area contributed by atoms with E-state index in [9.17, 15) is 4.79 Å². The normalized spacial score (nSPS) is 17.4. The van der Waals surface area contributed by atoms with Crippen molar-refractivity contribution in [1.29, 1.82) is 0 Å². The van der Waals surface area contributed by atoms with Gasteiger partial charge in [0.2, 0.25) is 0 Å². The summed E-state index contributed by atoms with van der Waals surface area (Å²) in [5, 5.41) is 0. The molecule has 1 fully saturated rings. The van der Waals surface area contributed by atoms with Crippen molar-refractivity contribution in [1.82, 2.24) is 19.4 Å². The van der Waals surface area contributed by atoms with E-state index < -0.39 is 0 Å². The van der Waals surface area contributed by atoms with Crippen molar-refractivity contribution in [3.63, 3.8) is 0 Å². The molecule has 1 aliphatic heterocycles. The molecule has 2 aromatic heterocycles. The van der Waals surface area contributed by atoms with Gasteiger partial charge in [-0.05, 0) is 31.9 Å². The number of amides is 1. The Labute approximate surface area is 142 Å². The molecule has 3 rings (SSSR count). The number of hydrogen-bond acceptors (Lipinski definition) is 4. The number of aryl methyl sites for hydroxylation is 1. The largest absolute Gasteiger partial charge is 0.385 e. The first-order valence-electron chi connectivity index (χ1n) is 8.42. The zero-order chi connectivity index (χ0) is 16.9. The smallest absolute Gasteiger partial charge is 0.272 e. The first kappa shape index (κ1) is 16.6. The number of nitrogens with zero attached hydrogens (tertiary/aromatic N) is 4. The van der Waals surface area contributed by atoms with Gasteiger partial charge in [0.15, 0.2) is 0 Å². The third-order valence-corrected chi connectivity index (χ3v) is 4.54. The Morgan fingerprint density at radius 1 is 1.38 bits per heavy atom. The first-order chi connectivity index (χ1) is 11.7. The summed E-state index contributed by atoms with van der Waals surface area (Å²) in [7, 11) is 1.72. The third kappa shape index (κ3) is 3.48. The minimum absolute atomic E-state index is 0.00677. The number of carbonyl (C=O) groups excluding carboxylic acids is 1. The standard InChI is InChI=1S/C18H24N4O2/c1-14-12-20-17(22(14)9-5-11-24-2)15-7-10-21(13-15)18(23)16-6-3-4-8-19-16/h3-4,6,8,12,15H,5,7,9-11,13H2,1-2H3. The number of methoxy groups -OCH3 is 1. The summed E-state index contributed by atoms with van der Waals surface area (Å²) in [6.45, 7) is 5.18. The molecule has 1 amide bonds. The van der Waals surface area contributed by atoms with Crippen LogP contribution in [0.15, 0.2) is 30.6 Å². The molecule has 6 heteroatoms. The highest BCUT2D eigenvalue weighted by Crippen LogP contribution is 2.28. The third-order valence-electron chi connectivity index (χ3n) is 4.54. The maximum atomic E-state index is 12.5. The van der Waals surface area contributed by atoms with Gasteiger partial charge in [0.05, 0.1) is 0 Å². The summed E-state index contributed by atoms with van der Waals surface area (Å²) in [6.07, 6.45) is 5.49. The summed E-state index contributed by atoms with van der Waals surface area (Å²) < 4.78 is 7.41. The van der Waals surface area contributed by atoms with E-state index in [1.54, 1.807) is 19.4 Å². The van der Waals surface area contributed by atoms with E-state index in [1.807, 2.05) is 23.2 Å².